The topological polar surface area (TPSA) is 62.1 Å². The van der Waals surface area contributed by atoms with Crippen molar-refractivity contribution in [3.05, 3.63) is 94.5 Å². The van der Waals surface area contributed by atoms with Gasteiger partial charge in [-0.2, -0.15) is 5.26 Å². The Balaban J connectivity index is 1.72. The predicted molar refractivity (Wildman–Crippen MR) is 106 cm³/mol. The molecule has 0 radical (unpaired) electrons. The monoisotopic (exact) mass is 356 g/mol. The van der Waals surface area contributed by atoms with Crippen molar-refractivity contribution in [1.29, 1.82) is 5.26 Å². The number of anilines is 1. The lowest BCUT2D eigenvalue weighted by Gasteiger charge is -2.11. The first kappa shape index (κ1) is 18.2. The van der Waals surface area contributed by atoms with Gasteiger partial charge in [0.2, 0.25) is 0 Å². The number of nitriles is 1. The first-order chi connectivity index (χ1) is 13.1. The van der Waals surface area contributed by atoms with Crippen LogP contribution in [-0.4, -0.2) is 5.91 Å². The minimum Gasteiger partial charge on any atom is -0.489 e. The molecule has 1 N–H and O–H groups in total. The third kappa shape index (κ3) is 4.53. The van der Waals surface area contributed by atoms with E-state index in [0.29, 0.717) is 16.9 Å². The van der Waals surface area contributed by atoms with Gasteiger partial charge >= 0.3 is 0 Å². The van der Waals surface area contributed by atoms with Gasteiger partial charge in [0.1, 0.15) is 12.4 Å². The molecule has 1 amide bonds. The Morgan fingerprint density at radius 1 is 1.04 bits per heavy atom. The number of carbonyl (C=O) groups excluding carboxylic acids is 1. The van der Waals surface area contributed by atoms with Crippen LogP contribution in [0.4, 0.5) is 5.69 Å². The van der Waals surface area contributed by atoms with Crippen molar-refractivity contribution in [1.82, 2.24) is 0 Å². The Hall–Kier alpha value is -3.58. The van der Waals surface area contributed by atoms with Crippen LogP contribution >= 0.6 is 0 Å². The number of hydrogen-bond donors (Lipinski definition) is 1. The molecular formula is C23H20N2O2. The van der Waals surface area contributed by atoms with Crippen molar-refractivity contribution in [2.75, 3.05) is 5.32 Å². The fraction of sp³-hybridized carbons (Fsp3) is 0.130. The highest BCUT2D eigenvalue weighted by Crippen LogP contribution is 2.20. The second-order valence-electron chi connectivity index (χ2n) is 6.36. The molecule has 0 aliphatic carbocycles. The third-order valence-electron chi connectivity index (χ3n) is 4.27. The summed E-state index contributed by atoms with van der Waals surface area (Å²) < 4.78 is 5.79. The molecule has 0 saturated carbocycles. The maximum atomic E-state index is 12.6. The molecule has 27 heavy (non-hydrogen) atoms. The third-order valence-corrected chi connectivity index (χ3v) is 4.27. The number of aryl methyl sites for hydroxylation is 2. The summed E-state index contributed by atoms with van der Waals surface area (Å²) in [5.74, 6) is 0.392. The lowest BCUT2D eigenvalue weighted by atomic mass is 10.1. The molecule has 0 aliphatic heterocycles. The van der Waals surface area contributed by atoms with Gasteiger partial charge in [0.05, 0.1) is 11.6 Å². The number of hydrogen-bond acceptors (Lipinski definition) is 3. The molecule has 0 saturated heterocycles. The first-order valence-electron chi connectivity index (χ1n) is 8.66. The van der Waals surface area contributed by atoms with Crippen LogP contribution in [0.15, 0.2) is 66.7 Å². The SMILES string of the molecule is Cc1ccc(C)c(NC(=O)c2cccc(OCc3ccccc3C#N)c2)c1. The van der Waals surface area contributed by atoms with Crippen LogP contribution in [-0.2, 0) is 6.61 Å². The molecule has 0 heterocycles. The molecule has 4 heteroatoms. The van der Waals surface area contributed by atoms with Gasteiger partial charge in [0.25, 0.3) is 5.91 Å². The molecular weight excluding hydrogens is 336 g/mol. The minimum absolute atomic E-state index is 0.188. The number of nitrogens with zero attached hydrogens (tertiary/aromatic N) is 1. The van der Waals surface area contributed by atoms with Gasteiger partial charge in [0.15, 0.2) is 0 Å². The van der Waals surface area contributed by atoms with E-state index in [9.17, 15) is 4.79 Å². The maximum Gasteiger partial charge on any atom is 0.255 e. The van der Waals surface area contributed by atoms with Crippen LogP contribution in [0, 0.1) is 25.2 Å². The van der Waals surface area contributed by atoms with Gasteiger partial charge in [-0.15, -0.1) is 0 Å². The van der Waals surface area contributed by atoms with E-state index in [2.05, 4.69) is 11.4 Å². The van der Waals surface area contributed by atoms with Crippen molar-refractivity contribution >= 4 is 11.6 Å². The van der Waals surface area contributed by atoms with Gasteiger partial charge in [0, 0.05) is 16.8 Å². The predicted octanol–water partition coefficient (Wildman–Crippen LogP) is 5.01. The zero-order chi connectivity index (χ0) is 19.2. The summed E-state index contributed by atoms with van der Waals surface area (Å²) in [4.78, 5) is 12.6. The van der Waals surface area contributed by atoms with Crippen molar-refractivity contribution in [3.8, 4) is 11.8 Å². The molecule has 0 aromatic heterocycles. The number of ether oxygens (including phenoxy) is 1. The smallest absolute Gasteiger partial charge is 0.255 e. The van der Waals surface area contributed by atoms with E-state index >= 15 is 0 Å². The van der Waals surface area contributed by atoms with Crippen molar-refractivity contribution in [2.24, 2.45) is 0 Å². The van der Waals surface area contributed by atoms with Crippen LogP contribution in [0.2, 0.25) is 0 Å². The van der Waals surface area contributed by atoms with Gasteiger partial charge in [-0.05, 0) is 55.3 Å². The summed E-state index contributed by atoms with van der Waals surface area (Å²) in [6.07, 6.45) is 0. The molecule has 134 valence electrons. The number of amides is 1. The molecule has 3 rings (SSSR count). The average molecular weight is 356 g/mol. The fourth-order valence-corrected chi connectivity index (χ4v) is 2.71. The van der Waals surface area contributed by atoms with Crippen molar-refractivity contribution in [2.45, 2.75) is 20.5 Å². The second-order valence-corrected chi connectivity index (χ2v) is 6.36. The van der Waals surface area contributed by atoms with Crippen molar-refractivity contribution < 1.29 is 9.53 Å². The first-order valence-corrected chi connectivity index (χ1v) is 8.66. The highest BCUT2D eigenvalue weighted by molar-refractivity contribution is 6.04. The average Bonchev–Trinajstić information content (AvgIpc) is 2.69. The normalized spacial score (nSPS) is 10.1. The summed E-state index contributed by atoms with van der Waals surface area (Å²) in [5.41, 5.74) is 4.81. The Kier molecular flexibility index (Phi) is 5.53. The molecule has 0 bridgehead atoms. The molecule has 0 atom stereocenters. The summed E-state index contributed by atoms with van der Waals surface area (Å²) >= 11 is 0. The fourth-order valence-electron chi connectivity index (χ4n) is 2.71. The molecule has 3 aromatic rings. The van der Waals surface area contributed by atoms with Crippen LogP contribution in [0.25, 0.3) is 0 Å². The van der Waals surface area contributed by atoms with E-state index in [4.69, 9.17) is 10.00 Å². The molecule has 3 aromatic carbocycles. The van der Waals surface area contributed by atoms with E-state index in [-0.39, 0.29) is 12.5 Å². The Morgan fingerprint density at radius 3 is 2.67 bits per heavy atom. The number of carbonyl (C=O) groups is 1. The lowest BCUT2D eigenvalue weighted by Crippen LogP contribution is -2.13. The quantitative estimate of drug-likeness (QED) is 0.699. The van der Waals surface area contributed by atoms with Gasteiger partial charge in [-0.3, -0.25) is 4.79 Å². The Labute approximate surface area is 159 Å². The van der Waals surface area contributed by atoms with Gasteiger partial charge in [-0.1, -0.05) is 36.4 Å². The number of rotatable bonds is 5. The Bertz CT molecular complexity index is 1020. The molecule has 0 unspecified atom stereocenters. The summed E-state index contributed by atoms with van der Waals surface area (Å²) in [5, 5.41) is 12.1. The highest BCUT2D eigenvalue weighted by Gasteiger charge is 2.10. The summed E-state index contributed by atoms with van der Waals surface area (Å²) in [6.45, 7) is 4.22. The summed E-state index contributed by atoms with van der Waals surface area (Å²) in [7, 11) is 0. The van der Waals surface area contributed by atoms with E-state index in [1.165, 1.54) is 0 Å². The van der Waals surface area contributed by atoms with Crippen LogP contribution in [0.3, 0.4) is 0 Å². The van der Waals surface area contributed by atoms with E-state index in [1.807, 2.05) is 50.2 Å². The largest absolute Gasteiger partial charge is 0.489 e. The zero-order valence-corrected chi connectivity index (χ0v) is 15.3. The van der Waals surface area contributed by atoms with Crippen LogP contribution in [0.1, 0.15) is 32.6 Å². The van der Waals surface area contributed by atoms with Crippen molar-refractivity contribution in [3.63, 3.8) is 0 Å². The van der Waals surface area contributed by atoms with E-state index in [0.717, 1.165) is 22.4 Å². The zero-order valence-electron chi connectivity index (χ0n) is 15.3. The lowest BCUT2D eigenvalue weighted by molar-refractivity contribution is 0.102. The molecule has 0 spiro atoms. The van der Waals surface area contributed by atoms with Gasteiger partial charge < -0.3 is 10.1 Å². The maximum absolute atomic E-state index is 12.6. The molecule has 0 fully saturated rings. The molecule has 4 nitrogen and oxygen atoms in total. The van der Waals surface area contributed by atoms with Crippen LogP contribution < -0.4 is 10.1 Å². The standard InChI is InChI=1S/C23H20N2O2/c1-16-10-11-17(2)22(12-16)25-23(26)18-8-5-9-21(13-18)27-15-20-7-4-3-6-19(20)14-24/h3-13H,15H2,1-2H3,(H,25,26). The molecule has 0 aliphatic rings. The second kappa shape index (κ2) is 8.20. The Morgan fingerprint density at radius 2 is 1.85 bits per heavy atom. The number of nitrogens with one attached hydrogen (secondary N) is 1. The number of benzene rings is 3. The summed E-state index contributed by atoms with van der Waals surface area (Å²) in [6, 6.07) is 22.4. The van der Waals surface area contributed by atoms with E-state index in [1.54, 1.807) is 30.3 Å². The van der Waals surface area contributed by atoms with Crippen LogP contribution in [0.5, 0.6) is 5.75 Å². The van der Waals surface area contributed by atoms with Gasteiger partial charge in [-0.25, -0.2) is 0 Å². The minimum atomic E-state index is -0.188. The highest BCUT2D eigenvalue weighted by atomic mass is 16.5. The van der Waals surface area contributed by atoms with E-state index < -0.39 is 0 Å².